The minimum Gasteiger partial charge on any atom is -0.373 e. The van der Waals surface area contributed by atoms with Crippen LogP contribution in [0.1, 0.15) is 24.0 Å². The molecule has 1 aromatic rings. The van der Waals surface area contributed by atoms with E-state index in [1.807, 2.05) is 13.0 Å². The molecule has 0 saturated carbocycles. The molecule has 5 heteroatoms. The molecule has 0 bridgehead atoms. The lowest BCUT2D eigenvalue weighted by Crippen LogP contribution is -2.48. The molecule has 3 rings (SSSR count). The number of rotatable bonds is 3. The van der Waals surface area contributed by atoms with Gasteiger partial charge in [-0.2, -0.15) is 5.26 Å². The minimum absolute atomic E-state index is 0.179. The number of nitriles is 1. The minimum atomic E-state index is 0.179. The molecule has 2 aliphatic heterocycles. The topological polar surface area (TPSA) is 61.2 Å². The number of fused-ring (bicyclic) bond motifs is 1. The summed E-state index contributed by atoms with van der Waals surface area (Å²) in [4.78, 5) is 6.78. The van der Waals surface area contributed by atoms with Gasteiger partial charge in [0.1, 0.15) is 11.9 Å². The average Bonchev–Trinajstić information content (AvgIpc) is 2.92. The van der Waals surface area contributed by atoms with Gasteiger partial charge in [-0.3, -0.25) is 4.90 Å². The Morgan fingerprint density at radius 3 is 3.35 bits per heavy atom. The molecule has 2 unspecified atom stereocenters. The van der Waals surface area contributed by atoms with E-state index in [0.717, 1.165) is 18.7 Å². The van der Waals surface area contributed by atoms with E-state index < -0.39 is 0 Å². The molecule has 2 fully saturated rings. The highest BCUT2D eigenvalue weighted by Gasteiger charge is 2.32. The van der Waals surface area contributed by atoms with E-state index in [0.29, 0.717) is 24.0 Å². The number of aryl methyl sites for hydroxylation is 1. The average molecular weight is 272 g/mol. The van der Waals surface area contributed by atoms with Crippen LogP contribution in [-0.2, 0) is 4.74 Å². The number of nitrogens with zero attached hydrogens (tertiary/aromatic N) is 3. The molecule has 0 spiro atoms. The molecule has 0 amide bonds. The SMILES string of the molecule is Cc1ccnc(NCC2CN3CCCC3CO2)c1C#N. The Bertz CT molecular complexity index is 525. The summed E-state index contributed by atoms with van der Waals surface area (Å²) in [7, 11) is 0. The van der Waals surface area contributed by atoms with Gasteiger partial charge in [-0.1, -0.05) is 0 Å². The lowest BCUT2D eigenvalue weighted by molar-refractivity contribution is -0.0416. The summed E-state index contributed by atoms with van der Waals surface area (Å²) in [6.45, 7) is 5.63. The third kappa shape index (κ3) is 2.62. The van der Waals surface area contributed by atoms with E-state index in [4.69, 9.17) is 4.74 Å². The van der Waals surface area contributed by atoms with E-state index in [1.54, 1.807) is 6.20 Å². The Hall–Kier alpha value is -1.64. The van der Waals surface area contributed by atoms with Gasteiger partial charge < -0.3 is 10.1 Å². The first kappa shape index (κ1) is 13.3. The Labute approximate surface area is 119 Å². The van der Waals surface area contributed by atoms with E-state index >= 15 is 0 Å². The monoisotopic (exact) mass is 272 g/mol. The lowest BCUT2D eigenvalue weighted by Gasteiger charge is -2.35. The van der Waals surface area contributed by atoms with Crippen molar-refractivity contribution < 1.29 is 4.74 Å². The van der Waals surface area contributed by atoms with Crippen molar-refractivity contribution in [2.24, 2.45) is 0 Å². The van der Waals surface area contributed by atoms with Crippen molar-refractivity contribution >= 4 is 5.82 Å². The van der Waals surface area contributed by atoms with Gasteiger partial charge in [0.25, 0.3) is 0 Å². The van der Waals surface area contributed by atoms with Crippen LogP contribution in [0.5, 0.6) is 0 Å². The highest BCUT2D eigenvalue weighted by atomic mass is 16.5. The Morgan fingerprint density at radius 2 is 2.50 bits per heavy atom. The summed E-state index contributed by atoms with van der Waals surface area (Å²) >= 11 is 0. The van der Waals surface area contributed by atoms with E-state index in [2.05, 4.69) is 21.3 Å². The molecule has 5 nitrogen and oxygen atoms in total. The van der Waals surface area contributed by atoms with Gasteiger partial charge in [0.05, 0.1) is 18.3 Å². The molecule has 0 aromatic carbocycles. The molecule has 3 heterocycles. The molecule has 0 aliphatic carbocycles. The van der Waals surface area contributed by atoms with Crippen LogP contribution in [0, 0.1) is 18.3 Å². The first-order chi connectivity index (χ1) is 9.78. The largest absolute Gasteiger partial charge is 0.373 e. The number of aromatic nitrogens is 1. The van der Waals surface area contributed by atoms with Crippen molar-refractivity contribution in [2.45, 2.75) is 31.9 Å². The van der Waals surface area contributed by atoms with Gasteiger partial charge in [-0.25, -0.2) is 4.98 Å². The summed E-state index contributed by atoms with van der Waals surface area (Å²) in [6, 6.07) is 4.69. The van der Waals surface area contributed by atoms with Crippen LogP contribution in [0.4, 0.5) is 5.82 Å². The first-order valence-corrected chi connectivity index (χ1v) is 7.23. The van der Waals surface area contributed by atoms with Crippen molar-refractivity contribution in [2.75, 3.05) is 31.6 Å². The highest BCUT2D eigenvalue weighted by Crippen LogP contribution is 2.23. The van der Waals surface area contributed by atoms with Gasteiger partial charge in [0.15, 0.2) is 0 Å². The maximum absolute atomic E-state index is 9.19. The maximum atomic E-state index is 9.19. The summed E-state index contributed by atoms with van der Waals surface area (Å²) in [5.74, 6) is 0.666. The van der Waals surface area contributed by atoms with Crippen LogP contribution >= 0.6 is 0 Å². The van der Waals surface area contributed by atoms with Crippen LogP contribution in [-0.4, -0.2) is 48.3 Å². The molecular formula is C15H20N4O. The summed E-state index contributed by atoms with van der Waals surface area (Å²) < 4.78 is 5.90. The molecule has 106 valence electrons. The van der Waals surface area contributed by atoms with Gasteiger partial charge in [0.2, 0.25) is 0 Å². The normalized spacial score (nSPS) is 26.0. The van der Waals surface area contributed by atoms with Crippen LogP contribution in [0.3, 0.4) is 0 Å². The Kier molecular flexibility index (Phi) is 3.86. The van der Waals surface area contributed by atoms with E-state index in [1.165, 1.54) is 19.4 Å². The van der Waals surface area contributed by atoms with Gasteiger partial charge in [-0.15, -0.1) is 0 Å². The zero-order valence-corrected chi connectivity index (χ0v) is 11.8. The Morgan fingerprint density at radius 1 is 1.60 bits per heavy atom. The van der Waals surface area contributed by atoms with Crippen molar-refractivity contribution in [1.29, 1.82) is 5.26 Å². The number of hydrogen-bond acceptors (Lipinski definition) is 5. The summed E-state index contributed by atoms with van der Waals surface area (Å²) in [5, 5.41) is 12.5. The van der Waals surface area contributed by atoms with Crippen molar-refractivity contribution in [3.8, 4) is 6.07 Å². The zero-order valence-electron chi connectivity index (χ0n) is 11.8. The van der Waals surface area contributed by atoms with Crippen molar-refractivity contribution in [1.82, 2.24) is 9.88 Å². The van der Waals surface area contributed by atoms with Crippen LogP contribution in [0.2, 0.25) is 0 Å². The van der Waals surface area contributed by atoms with E-state index in [9.17, 15) is 5.26 Å². The van der Waals surface area contributed by atoms with Gasteiger partial charge in [-0.05, 0) is 37.9 Å². The van der Waals surface area contributed by atoms with Crippen molar-refractivity contribution in [3.63, 3.8) is 0 Å². The number of hydrogen-bond donors (Lipinski definition) is 1. The van der Waals surface area contributed by atoms with Crippen LogP contribution in [0.15, 0.2) is 12.3 Å². The second-order valence-electron chi connectivity index (χ2n) is 5.59. The molecule has 2 saturated heterocycles. The third-order valence-electron chi connectivity index (χ3n) is 4.23. The first-order valence-electron chi connectivity index (χ1n) is 7.23. The smallest absolute Gasteiger partial charge is 0.144 e. The fraction of sp³-hybridized carbons (Fsp3) is 0.600. The fourth-order valence-electron chi connectivity index (χ4n) is 3.05. The van der Waals surface area contributed by atoms with Gasteiger partial charge >= 0.3 is 0 Å². The summed E-state index contributed by atoms with van der Waals surface area (Å²) in [6.07, 6.45) is 4.46. The third-order valence-corrected chi connectivity index (χ3v) is 4.23. The molecule has 1 aromatic heterocycles. The van der Waals surface area contributed by atoms with Crippen LogP contribution in [0.25, 0.3) is 0 Å². The molecule has 2 aliphatic rings. The summed E-state index contributed by atoms with van der Waals surface area (Å²) in [5.41, 5.74) is 1.58. The van der Waals surface area contributed by atoms with Crippen molar-refractivity contribution in [3.05, 3.63) is 23.4 Å². The van der Waals surface area contributed by atoms with Gasteiger partial charge in [0, 0.05) is 25.3 Å². The second kappa shape index (κ2) is 5.78. The van der Waals surface area contributed by atoms with E-state index in [-0.39, 0.29) is 6.10 Å². The molecule has 2 atom stereocenters. The number of ether oxygens (including phenoxy) is 1. The molecular weight excluding hydrogens is 252 g/mol. The predicted octanol–water partition coefficient (Wildman–Crippen LogP) is 1.54. The zero-order chi connectivity index (χ0) is 13.9. The fourth-order valence-corrected chi connectivity index (χ4v) is 3.05. The predicted molar refractivity (Wildman–Crippen MR) is 76.5 cm³/mol. The molecule has 20 heavy (non-hydrogen) atoms. The highest BCUT2D eigenvalue weighted by molar-refractivity contribution is 5.55. The number of pyridine rings is 1. The maximum Gasteiger partial charge on any atom is 0.144 e. The molecule has 1 N–H and O–H groups in total. The quantitative estimate of drug-likeness (QED) is 0.904. The Balaban J connectivity index is 1.60. The second-order valence-corrected chi connectivity index (χ2v) is 5.59. The lowest BCUT2D eigenvalue weighted by atomic mass is 10.1. The number of anilines is 1. The number of nitrogens with one attached hydrogen (secondary N) is 1. The van der Waals surface area contributed by atoms with Crippen LogP contribution < -0.4 is 5.32 Å². The number of morpholine rings is 1. The standard InChI is InChI=1S/C15H20N4O/c1-11-4-5-17-15(14(11)7-16)18-8-13-9-19-6-2-3-12(19)10-20-13/h4-5,12-13H,2-3,6,8-10H2,1H3,(H,17,18). The molecule has 0 radical (unpaired) electrons.